The largest absolute Gasteiger partial charge is 0.294 e. The Kier molecular flexibility index (Phi) is 3.76. The van der Waals surface area contributed by atoms with E-state index in [0.29, 0.717) is 11.4 Å². The van der Waals surface area contributed by atoms with E-state index in [9.17, 15) is 4.79 Å². The predicted molar refractivity (Wildman–Crippen MR) is 94.4 cm³/mol. The molecule has 0 aliphatic heterocycles. The lowest BCUT2D eigenvalue weighted by Gasteiger charge is -2.24. The number of benzene rings is 1. The van der Waals surface area contributed by atoms with E-state index in [1.54, 1.807) is 17.5 Å². The summed E-state index contributed by atoms with van der Waals surface area (Å²) in [6.07, 6.45) is 3.18. The molecule has 114 valence electrons. The van der Waals surface area contributed by atoms with E-state index in [2.05, 4.69) is 16.4 Å². The van der Waals surface area contributed by atoms with Gasteiger partial charge in [-0.15, -0.1) is 11.3 Å². The van der Waals surface area contributed by atoms with Crippen molar-refractivity contribution in [2.24, 2.45) is 0 Å². The standard InChI is InChI=1S/C19H14ClNOS/c20-14-5-3-12(4-6-14)15-7-8-21-16-10-13(11-17(22)19(15)16)18-2-1-9-23-18/h1-9,13H,10-11H2/t13-/m1/s1. The molecule has 0 spiro atoms. The number of thiophene rings is 1. The fourth-order valence-corrected chi connectivity index (χ4v) is 4.15. The van der Waals surface area contributed by atoms with E-state index in [-0.39, 0.29) is 11.7 Å². The second-order valence-electron chi connectivity index (χ2n) is 5.73. The number of fused-ring (bicyclic) bond motifs is 1. The van der Waals surface area contributed by atoms with Gasteiger partial charge in [-0.1, -0.05) is 29.8 Å². The first kappa shape index (κ1) is 14.6. The number of carbonyl (C=O) groups is 1. The highest BCUT2D eigenvalue weighted by Crippen LogP contribution is 2.37. The van der Waals surface area contributed by atoms with Crippen LogP contribution in [-0.4, -0.2) is 10.8 Å². The van der Waals surface area contributed by atoms with Crippen LogP contribution in [-0.2, 0) is 6.42 Å². The predicted octanol–water partition coefficient (Wildman–Crippen LogP) is 5.38. The first-order chi connectivity index (χ1) is 11.2. The molecule has 2 aromatic heterocycles. The fraction of sp³-hybridized carbons (Fsp3) is 0.158. The van der Waals surface area contributed by atoms with Crippen molar-refractivity contribution in [2.45, 2.75) is 18.8 Å². The molecule has 0 radical (unpaired) electrons. The molecule has 0 fully saturated rings. The molecule has 0 bridgehead atoms. The minimum Gasteiger partial charge on any atom is -0.294 e. The summed E-state index contributed by atoms with van der Waals surface area (Å²) >= 11 is 7.68. The van der Waals surface area contributed by atoms with E-state index < -0.39 is 0 Å². The molecule has 4 rings (SSSR count). The summed E-state index contributed by atoms with van der Waals surface area (Å²) < 4.78 is 0. The number of hydrogen-bond acceptors (Lipinski definition) is 3. The number of halogens is 1. The molecule has 1 aromatic carbocycles. The third-order valence-corrected chi connectivity index (χ3v) is 5.57. The Hall–Kier alpha value is -1.97. The van der Waals surface area contributed by atoms with Crippen LogP contribution in [0, 0.1) is 0 Å². The topological polar surface area (TPSA) is 30.0 Å². The fourth-order valence-electron chi connectivity index (χ4n) is 3.20. The minimum atomic E-state index is 0.183. The highest BCUT2D eigenvalue weighted by Gasteiger charge is 2.30. The van der Waals surface area contributed by atoms with Gasteiger partial charge in [-0.05, 0) is 47.2 Å². The molecule has 23 heavy (non-hydrogen) atoms. The van der Waals surface area contributed by atoms with Crippen LogP contribution in [0.3, 0.4) is 0 Å². The molecule has 3 aromatic rings. The van der Waals surface area contributed by atoms with Gasteiger partial charge in [0.05, 0.1) is 5.69 Å². The van der Waals surface area contributed by atoms with Gasteiger partial charge in [-0.3, -0.25) is 9.78 Å². The Morgan fingerprint density at radius 3 is 2.65 bits per heavy atom. The molecule has 0 unspecified atom stereocenters. The third kappa shape index (κ3) is 2.71. The highest BCUT2D eigenvalue weighted by molar-refractivity contribution is 7.10. The Morgan fingerprint density at radius 2 is 1.91 bits per heavy atom. The Labute approximate surface area is 143 Å². The van der Waals surface area contributed by atoms with Crippen molar-refractivity contribution in [3.05, 3.63) is 75.2 Å². The lowest BCUT2D eigenvalue weighted by Crippen LogP contribution is -2.20. The van der Waals surface area contributed by atoms with Crippen LogP contribution < -0.4 is 0 Å². The van der Waals surface area contributed by atoms with Gasteiger partial charge < -0.3 is 0 Å². The van der Waals surface area contributed by atoms with E-state index >= 15 is 0 Å². The summed E-state index contributed by atoms with van der Waals surface area (Å²) in [7, 11) is 0. The first-order valence-electron chi connectivity index (χ1n) is 7.53. The van der Waals surface area contributed by atoms with Crippen molar-refractivity contribution in [1.82, 2.24) is 4.98 Å². The van der Waals surface area contributed by atoms with Crippen molar-refractivity contribution in [2.75, 3.05) is 0 Å². The summed E-state index contributed by atoms with van der Waals surface area (Å²) in [4.78, 5) is 18.5. The molecule has 0 amide bonds. The third-order valence-electron chi connectivity index (χ3n) is 4.28. The van der Waals surface area contributed by atoms with Gasteiger partial charge in [-0.2, -0.15) is 0 Å². The SMILES string of the molecule is O=C1C[C@H](c2cccs2)Cc2nccc(-c3ccc(Cl)cc3)c21. The van der Waals surface area contributed by atoms with Crippen molar-refractivity contribution < 1.29 is 4.79 Å². The van der Waals surface area contributed by atoms with Crippen molar-refractivity contribution >= 4 is 28.7 Å². The Bertz CT molecular complexity index is 856. The van der Waals surface area contributed by atoms with Gasteiger partial charge in [0.1, 0.15) is 0 Å². The highest BCUT2D eigenvalue weighted by atomic mass is 35.5. The van der Waals surface area contributed by atoms with Crippen LogP contribution in [0.5, 0.6) is 0 Å². The normalized spacial score (nSPS) is 17.1. The summed E-state index contributed by atoms with van der Waals surface area (Å²) in [5, 5.41) is 2.76. The number of ketones is 1. The van der Waals surface area contributed by atoms with E-state index in [0.717, 1.165) is 28.8 Å². The van der Waals surface area contributed by atoms with Crippen LogP contribution in [0.15, 0.2) is 54.0 Å². The number of carbonyl (C=O) groups excluding carboxylic acids is 1. The lowest BCUT2D eigenvalue weighted by atomic mass is 9.82. The summed E-state index contributed by atoms with van der Waals surface area (Å²) in [5.74, 6) is 0.436. The molecule has 0 N–H and O–H groups in total. The number of pyridine rings is 1. The average Bonchev–Trinajstić information content (AvgIpc) is 3.09. The number of Topliss-reactive ketones (excluding diaryl/α,β-unsaturated/α-hetero) is 1. The Balaban J connectivity index is 1.78. The maximum Gasteiger partial charge on any atom is 0.165 e. The lowest BCUT2D eigenvalue weighted by molar-refractivity contribution is 0.0964. The molecule has 2 heterocycles. The van der Waals surface area contributed by atoms with Crippen LogP contribution in [0.25, 0.3) is 11.1 Å². The zero-order chi connectivity index (χ0) is 15.8. The average molecular weight is 340 g/mol. The van der Waals surface area contributed by atoms with Crippen LogP contribution in [0.4, 0.5) is 0 Å². The smallest absolute Gasteiger partial charge is 0.165 e. The van der Waals surface area contributed by atoms with Gasteiger partial charge in [0.2, 0.25) is 0 Å². The van der Waals surface area contributed by atoms with Crippen molar-refractivity contribution in [1.29, 1.82) is 0 Å². The van der Waals surface area contributed by atoms with Gasteiger partial charge in [0, 0.05) is 34.0 Å². The molecule has 0 saturated carbocycles. The molecule has 1 aliphatic carbocycles. The van der Waals surface area contributed by atoms with E-state index in [1.165, 1.54) is 4.88 Å². The van der Waals surface area contributed by atoms with E-state index in [1.807, 2.05) is 36.4 Å². The maximum absolute atomic E-state index is 12.8. The second kappa shape index (κ2) is 5.91. The van der Waals surface area contributed by atoms with Crippen molar-refractivity contribution in [3.63, 3.8) is 0 Å². The van der Waals surface area contributed by atoms with Crippen LogP contribution in [0.2, 0.25) is 5.02 Å². The molecular formula is C19H14ClNOS. The molecule has 1 aliphatic rings. The van der Waals surface area contributed by atoms with E-state index in [4.69, 9.17) is 11.6 Å². The summed E-state index contributed by atoms with van der Waals surface area (Å²) in [6.45, 7) is 0. The Morgan fingerprint density at radius 1 is 1.09 bits per heavy atom. The number of nitrogens with zero attached hydrogens (tertiary/aromatic N) is 1. The zero-order valence-corrected chi connectivity index (χ0v) is 13.9. The van der Waals surface area contributed by atoms with Gasteiger partial charge in [0.25, 0.3) is 0 Å². The van der Waals surface area contributed by atoms with Gasteiger partial charge in [0.15, 0.2) is 5.78 Å². The quantitative estimate of drug-likeness (QED) is 0.627. The van der Waals surface area contributed by atoms with Crippen LogP contribution >= 0.6 is 22.9 Å². The van der Waals surface area contributed by atoms with Gasteiger partial charge in [-0.25, -0.2) is 0 Å². The van der Waals surface area contributed by atoms with Crippen LogP contribution in [0.1, 0.15) is 33.3 Å². The molecule has 1 atom stereocenters. The number of hydrogen-bond donors (Lipinski definition) is 0. The van der Waals surface area contributed by atoms with Gasteiger partial charge >= 0.3 is 0 Å². The maximum atomic E-state index is 12.8. The summed E-state index contributed by atoms with van der Waals surface area (Å²) in [6, 6.07) is 13.7. The molecular weight excluding hydrogens is 326 g/mol. The second-order valence-corrected chi connectivity index (χ2v) is 7.15. The molecule has 2 nitrogen and oxygen atoms in total. The molecule has 4 heteroatoms. The first-order valence-corrected chi connectivity index (χ1v) is 8.78. The van der Waals surface area contributed by atoms with Crippen molar-refractivity contribution in [3.8, 4) is 11.1 Å². The monoisotopic (exact) mass is 339 g/mol. The zero-order valence-electron chi connectivity index (χ0n) is 12.3. The number of rotatable bonds is 2. The summed E-state index contributed by atoms with van der Waals surface area (Å²) in [5.41, 5.74) is 3.66. The minimum absolute atomic E-state index is 0.183. The molecule has 0 saturated heterocycles. The number of aromatic nitrogens is 1.